The minimum absolute atomic E-state index is 0.112. The molecular formula is C37H45N7O6S2. The van der Waals surface area contributed by atoms with E-state index in [1.165, 1.54) is 12.4 Å². The number of hydrogen-bond acceptors (Lipinski definition) is 11. The third kappa shape index (κ3) is 7.15. The zero-order chi connectivity index (χ0) is 37.6. The van der Waals surface area contributed by atoms with Crippen molar-refractivity contribution in [3.05, 3.63) is 100 Å². The van der Waals surface area contributed by atoms with Gasteiger partial charge in [0.25, 0.3) is 5.91 Å². The maximum absolute atomic E-state index is 13.7. The van der Waals surface area contributed by atoms with Crippen LogP contribution in [-0.4, -0.2) is 77.1 Å². The van der Waals surface area contributed by atoms with E-state index in [1.54, 1.807) is 22.5 Å². The lowest BCUT2D eigenvalue weighted by Crippen LogP contribution is -2.48. The quantitative estimate of drug-likeness (QED) is 0.137. The van der Waals surface area contributed by atoms with Gasteiger partial charge in [0.1, 0.15) is 22.3 Å². The summed E-state index contributed by atoms with van der Waals surface area (Å²) in [5, 5.41) is 11.6. The Morgan fingerprint density at radius 1 is 1.08 bits per heavy atom. The molecule has 1 unspecified atom stereocenters. The van der Waals surface area contributed by atoms with Crippen LogP contribution in [0.25, 0.3) is 11.0 Å². The zero-order valence-corrected chi connectivity index (χ0v) is 32.0. The van der Waals surface area contributed by atoms with Gasteiger partial charge in [-0.15, -0.1) is 15.9 Å². The van der Waals surface area contributed by atoms with Crippen molar-refractivity contribution < 1.29 is 27.1 Å². The Labute approximate surface area is 305 Å². The number of benzene rings is 3. The van der Waals surface area contributed by atoms with Crippen molar-refractivity contribution in [2.24, 2.45) is 0 Å². The van der Waals surface area contributed by atoms with Gasteiger partial charge in [-0.3, -0.25) is 13.9 Å². The van der Waals surface area contributed by atoms with Gasteiger partial charge in [0.2, 0.25) is 15.0 Å². The van der Waals surface area contributed by atoms with E-state index in [1.807, 2.05) is 76.6 Å². The second-order valence-corrected chi connectivity index (χ2v) is 17.7. The Hall–Kier alpha value is -4.41. The number of hydrogen-bond donors (Lipinski definition) is 3. The van der Waals surface area contributed by atoms with Crippen LogP contribution < -0.4 is 10.1 Å². The van der Waals surface area contributed by atoms with Crippen LogP contribution in [0.2, 0.25) is 0 Å². The number of aryl methyl sites for hydroxylation is 3. The van der Waals surface area contributed by atoms with E-state index in [-0.39, 0.29) is 23.4 Å². The molecule has 0 saturated carbocycles. The van der Waals surface area contributed by atoms with Gasteiger partial charge in [-0.2, -0.15) is 4.31 Å². The molecule has 52 heavy (non-hydrogen) atoms. The van der Waals surface area contributed by atoms with Gasteiger partial charge in [0.15, 0.2) is 0 Å². The van der Waals surface area contributed by atoms with Crippen LogP contribution in [-0.2, 0) is 22.9 Å². The molecule has 1 amide bonds. The number of fused-ring (bicyclic) bond motifs is 2. The predicted octanol–water partition coefficient (Wildman–Crippen LogP) is 6.30. The van der Waals surface area contributed by atoms with Crippen LogP contribution in [0.3, 0.4) is 0 Å². The average molecular weight is 748 g/mol. The fraction of sp³-hybridized carbons (Fsp3) is 0.378. The molecule has 2 aromatic heterocycles. The van der Waals surface area contributed by atoms with Gasteiger partial charge in [0, 0.05) is 43.2 Å². The molecule has 6 rings (SSSR count). The molecule has 13 nitrogen and oxygen atoms in total. The van der Waals surface area contributed by atoms with Gasteiger partial charge in [-0.25, -0.2) is 23.1 Å². The first kappa shape index (κ1) is 37.4. The summed E-state index contributed by atoms with van der Waals surface area (Å²) < 4.78 is 57.1. The van der Waals surface area contributed by atoms with E-state index in [0.29, 0.717) is 30.2 Å². The molecule has 0 aliphatic carbocycles. The smallest absolute Gasteiger partial charge is 0.254 e. The SMILES string of the molecule is CCC1CN(Cc2cc([C@@H](c3ccc4c(nnn4CC)c3C)C(C)(C)NC(=O)c3cnc(S(C)(=O)=O)nc3)ccc2C)S(O)(O)c2ccccc2O1. The van der Waals surface area contributed by atoms with Crippen molar-refractivity contribution in [1.29, 1.82) is 0 Å². The Morgan fingerprint density at radius 3 is 2.46 bits per heavy atom. The average Bonchev–Trinajstić information content (AvgIpc) is 3.49. The maximum atomic E-state index is 13.7. The van der Waals surface area contributed by atoms with E-state index in [4.69, 9.17) is 4.74 Å². The van der Waals surface area contributed by atoms with Gasteiger partial charge < -0.3 is 10.1 Å². The minimum Gasteiger partial charge on any atom is -0.487 e. The molecule has 1 aliphatic rings. The van der Waals surface area contributed by atoms with Crippen molar-refractivity contribution in [1.82, 2.24) is 34.6 Å². The second kappa shape index (κ2) is 14.2. The molecule has 276 valence electrons. The summed E-state index contributed by atoms with van der Waals surface area (Å²) in [4.78, 5) is 21.9. The molecule has 3 N–H and O–H groups in total. The molecule has 0 fully saturated rings. The van der Waals surface area contributed by atoms with Crippen molar-refractivity contribution in [2.45, 2.75) is 88.7 Å². The standard InChI is InChI=1S/C37H45N7O6S2/c1-8-28-22-43(52(48,49)32-13-11-10-12-31(32)50-28)21-26-18-25(15-14-23(26)3)33(29-16-17-30-34(24(29)4)41-42-44(30)9-2)37(5,6)40-35(45)27-19-38-36(39-20-27)51(7,46)47/h10-20,28,33,48-49H,8-9,21-22H2,1-7H3,(H,40,45)/t28?,33-/m0/s1. The molecule has 1 aliphatic heterocycles. The van der Waals surface area contributed by atoms with E-state index >= 15 is 0 Å². The summed E-state index contributed by atoms with van der Waals surface area (Å²) in [7, 11) is -7.04. The van der Waals surface area contributed by atoms with Crippen molar-refractivity contribution in [2.75, 3.05) is 12.8 Å². The Morgan fingerprint density at radius 2 is 1.79 bits per heavy atom. The summed E-state index contributed by atoms with van der Waals surface area (Å²) in [6.45, 7) is 13.1. The number of carbonyl (C=O) groups excluding carboxylic acids is 1. The maximum Gasteiger partial charge on any atom is 0.254 e. The summed E-state index contributed by atoms with van der Waals surface area (Å²) >= 11 is 0. The Bertz CT molecular complexity index is 2240. The topological polar surface area (TPSA) is 173 Å². The molecule has 0 saturated heterocycles. The third-order valence-corrected chi connectivity index (χ3v) is 12.5. The number of para-hydroxylation sites is 1. The zero-order valence-electron chi connectivity index (χ0n) is 30.4. The summed E-state index contributed by atoms with van der Waals surface area (Å²) in [5.41, 5.74) is 5.40. The van der Waals surface area contributed by atoms with E-state index in [9.17, 15) is 22.3 Å². The number of carbonyl (C=O) groups is 1. The molecule has 2 atom stereocenters. The lowest BCUT2D eigenvalue weighted by atomic mass is 9.74. The molecule has 0 radical (unpaired) electrons. The first-order chi connectivity index (χ1) is 24.5. The van der Waals surface area contributed by atoms with Crippen molar-refractivity contribution in [3.63, 3.8) is 0 Å². The summed E-state index contributed by atoms with van der Waals surface area (Å²) in [6.07, 6.45) is 3.86. The van der Waals surface area contributed by atoms with Crippen LogP contribution in [0.15, 0.2) is 77.0 Å². The molecule has 5 aromatic rings. The largest absolute Gasteiger partial charge is 0.487 e. The lowest BCUT2D eigenvalue weighted by molar-refractivity contribution is 0.0904. The number of nitrogens with one attached hydrogen (secondary N) is 1. The first-order valence-corrected chi connectivity index (χ1v) is 20.5. The molecule has 3 heterocycles. The van der Waals surface area contributed by atoms with E-state index < -0.39 is 38.0 Å². The molecule has 15 heteroatoms. The van der Waals surface area contributed by atoms with E-state index in [0.717, 1.165) is 45.1 Å². The van der Waals surface area contributed by atoms with Crippen LogP contribution in [0, 0.1) is 13.8 Å². The molecule has 0 spiro atoms. The van der Waals surface area contributed by atoms with E-state index in [2.05, 4.69) is 31.7 Å². The van der Waals surface area contributed by atoms with Gasteiger partial charge >= 0.3 is 0 Å². The van der Waals surface area contributed by atoms with Crippen molar-refractivity contribution in [3.8, 4) is 5.75 Å². The number of amides is 1. The highest BCUT2D eigenvalue weighted by Gasteiger charge is 2.38. The predicted molar refractivity (Wildman–Crippen MR) is 200 cm³/mol. The second-order valence-electron chi connectivity index (χ2n) is 13.8. The molecule has 3 aromatic carbocycles. The number of aromatic nitrogens is 5. The van der Waals surface area contributed by atoms with Crippen molar-refractivity contribution >= 4 is 37.6 Å². The monoisotopic (exact) mass is 747 g/mol. The lowest BCUT2D eigenvalue weighted by Gasteiger charge is -2.42. The molecule has 0 bridgehead atoms. The number of ether oxygens (including phenoxy) is 1. The Balaban J connectivity index is 1.43. The van der Waals surface area contributed by atoms with Gasteiger partial charge in [-0.05, 0) is 87.1 Å². The Kier molecular flexibility index (Phi) is 10.2. The highest BCUT2D eigenvalue weighted by molar-refractivity contribution is 8.22. The summed E-state index contributed by atoms with van der Waals surface area (Å²) in [6, 6.07) is 17.2. The van der Waals surface area contributed by atoms with Gasteiger partial charge in [0.05, 0.1) is 17.6 Å². The van der Waals surface area contributed by atoms with Crippen LogP contribution >= 0.6 is 10.8 Å². The molecular weight excluding hydrogens is 703 g/mol. The van der Waals surface area contributed by atoms with Crippen LogP contribution in [0.5, 0.6) is 5.75 Å². The number of rotatable bonds is 10. The number of sulfone groups is 1. The summed E-state index contributed by atoms with van der Waals surface area (Å²) in [5.74, 6) is -0.428. The highest BCUT2D eigenvalue weighted by atomic mass is 32.3. The minimum atomic E-state index is -3.64. The van der Waals surface area contributed by atoms with Crippen LogP contribution in [0.4, 0.5) is 0 Å². The third-order valence-electron chi connectivity index (χ3n) is 9.69. The van der Waals surface area contributed by atoms with Gasteiger partial charge in [-0.1, -0.05) is 48.5 Å². The number of nitrogens with zero attached hydrogens (tertiary/aromatic N) is 6. The first-order valence-electron chi connectivity index (χ1n) is 17.1. The fourth-order valence-electron chi connectivity index (χ4n) is 6.84. The highest BCUT2D eigenvalue weighted by Crippen LogP contribution is 2.57. The normalized spacial score (nSPS) is 17.5. The fourth-order valence-corrected chi connectivity index (χ4v) is 8.94. The van der Waals surface area contributed by atoms with Crippen LogP contribution in [0.1, 0.15) is 78.2 Å².